The molecule has 0 bridgehead atoms. The minimum absolute atomic E-state index is 0.0633. The van der Waals surface area contributed by atoms with E-state index in [0.29, 0.717) is 31.7 Å². The first-order valence-corrected chi connectivity index (χ1v) is 13.0. The molecule has 0 radical (unpaired) electrons. The molecule has 1 atom stereocenters. The van der Waals surface area contributed by atoms with Crippen molar-refractivity contribution < 1.29 is 19.4 Å². The summed E-state index contributed by atoms with van der Waals surface area (Å²) >= 11 is 1.65. The van der Waals surface area contributed by atoms with Gasteiger partial charge in [-0.3, -0.25) is 14.6 Å². The fraction of sp³-hybridized carbons (Fsp3) is 0.538. The van der Waals surface area contributed by atoms with E-state index in [1.54, 1.807) is 24.5 Å². The van der Waals surface area contributed by atoms with Gasteiger partial charge in [0.05, 0.1) is 7.11 Å². The number of carbonyl (C=O) groups excluding carboxylic acids is 2. The van der Waals surface area contributed by atoms with Gasteiger partial charge in [-0.15, -0.1) is 11.3 Å². The Morgan fingerprint density at radius 1 is 1.21 bits per heavy atom. The summed E-state index contributed by atoms with van der Waals surface area (Å²) in [6.07, 6.45) is 2.98. The first-order valence-electron chi connectivity index (χ1n) is 12.1. The maximum Gasteiger partial charge on any atom is 0.325 e. The Morgan fingerprint density at radius 2 is 1.97 bits per heavy atom. The van der Waals surface area contributed by atoms with E-state index in [1.807, 2.05) is 29.6 Å². The Labute approximate surface area is 205 Å². The number of thiophene rings is 1. The summed E-state index contributed by atoms with van der Waals surface area (Å²) in [4.78, 5) is 31.5. The van der Waals surface area contributed by atoms with Crippen molar-refractivity contribution in [1.82, 2.24) is 15.1 Å². The van der Waals surface area contributed by atoms with Crippen molar-refractivity contribution in [1.29, 1.82) is 0 Å². The minimum Gasteiger partial charge on any atom is -0.504 e. The number of para-hydroxylation sites is 1. The van der Waals surface area contributed by atoms with Crippen LogP contribution in [0.25, 0.3) is 0 Å². The zero-order valence-corrected chi connectivity index (χ0v) is 21.1. The number of carbonyl (C=O) groups is 2. The van der Waals surface area contributed by atoms with Crippen molar-refractivity contribution in [3.63, 3.8) is 0 Å². The third-order valence-electron chi connectivity index (χ3n) is 7.07. The molecule has 2 aliphatic heterocycles. The van der Waals surface area contributed by atoms with Gasteiger partial charge >= 0.3 is 6.03 Å². The molecule has 0 spiro atoms. The lowest BCUT2D eigenvalue weighted by Gasteiger charge is -2.41. The molecule has 2 aliphatic rings. The number of hydrogen-bond donors (Lipinski definition) is 2. The summed E-state index contributed by atoms with van der Waals surface area (Å²) in [6.45, 7) is 6.87. The lowest BCUT2D eigenvalue weighted by molar-refractivity contribution is -0.134. The van der Waals surface area contributed by atoms with E-state index in [2.05, 4.69) is 24.1 Å². The average Bonchev–Trinajstić information content (AvgIpc) is 3.41. The summed E-state index contributed by atoms with van der Waals surface area (Å²) in [5.74, 6) is 0.973. The Bertz CT molecular complexity index is 1000. The molecule has 4 rings (SSSR count). The van der Waals surface area contributed by atoms with Crippen molar-refractivity contribution in [3.05, 3.63) is 46.2 Å². The van der Waals surface area contributed by atoms with Crippen LogP contribution >= 0.6 is 11.3 Å². The number of rotatable bonds is 9. The van der Waals surface area contributed by atoms with Gasteiger partial charge in [0.1, 0.15) is 5.54 Å². The number of hydrogen-bond acceptors (Lipinski definition) is 6. The topological polar surface area (TPSA) is 82.1 Å². The highest BCUT2D eigenvalue weighted by atomic mass is 32.1. The van der Waals surface area contributed by atoms with E-state index in [9.17, 15) is 14.7 Å². The highest BCUT2D eigenvalue weighted by Gasteiger charge is 2.55. The molecule has 3 amide bonds. The van der Waals surface area contributed by atoms with Gasteiger partial charge in [0.15, 0.2) is 11.5 Å². The molecule has 1 aromatic heterocycles. The van der Waals surface area contributed by atoms with Crippen molar-refractivity contribution in [2.45, 2.75) is 51.6 Å². The van der Waals surface area contributed by atoms with Gasteiger partial charge in [-0.2, -0.15) is 0 Å². The fourth-order valence-electron chi connectivity index (χ4n) is 5.44. The smallest absolute Gasteiger partial charge is 0.325 e. The van der Waals surface area contributed by atoms with Crippen LogP contribution < -0.4 is 10.1 Å². The van der Waals surface area contributed by atoms with Crippen LogP contribution in [0.4, 0.5) is 4.79 Å². The van der Waals surface area contributed by atoms with Crippen LogP contribution in [0.5, 0.6) is 11.5 Å². The van der Waals surface area contributed by atoms with Crippen LogP contribution in [0.3, 0.4) is 0 Å². The highest BCUT2D eigenvalue weighted by molar-refractivity contribution is 7.09. The predicted octanol–water partition coefficient (Wildman–Crippen LogP) is 4.25. The fourth-order valence-corrected chi connectivity index (χ4v) is 6.13. The number of amides is 3. The lowest BCUT2D eigenvalue weighted by atomic mass is 9.73. The van der Waals surface area contributed by atoms with Crippen LogP contribution in [0.1, 0.15) is 43.6 Å². The van der Waals surface area contributed by atoms with Gasteiger partial charge in [0.2, 0.25) is 0 Å². The van der Waals surface area contributed by atoms with E-state index in [0.717, 1.165) is 31.5 Å². The van der Waals surface area contributed by atoms with Crippen molar-refractivity contribution in [2.24, 2.45) is 11.8 Å². The Morgan fingerprint density at radius 3 is 2.62 bits per heavy atom. The van der Waals surface area contributed by atoms with Gasteiger partial charge in [-0.1, -0.05) is 32.0 Å². The third-order valence-corrected chi connectivity index (χ3v) is 8.01. The van der Waals surface area contributed by atoms with Gasteiger partial charge in [-0.05, 0) is 68.1 Å². The molecule has 3 heterocycles. The van der Waals surface area contributed by atoms with Crippen molar-refractivity contribution in [3.8, 4) is 11.5 Å². The molecule has 2 aromatic rings. The SMILES string of the molecule is COc1cccc(CN2CCC([C@@]3(CC(C)C)NC(=O)N(CCc4cccs4)C3=O)CC2)c1O. The lowest BCUT2D eigenvalue weighted by Crippen LogP contribution is -2.56. The molecular weight excluding hydrogens is 450 g/mol. The highest BCUT2D eigenvalue weighted by Crippen LogP contribution is 2.39. The Balaban J connectivity index is 1.44. The molecule has 2 fully saturated rings. The number of nitrogens with one attached hydrogen (secondary N) is 1. The molecule has 0 unspecified atom stereocenters. The van der Waals surface area contributed by atoms with Crippen LogP contribution in [-0.4, -0.2) is 59.1 Å². The largest absolute Gasteiger partial charge is 0.504 e. The predicted molar refractivity (Wildman–Crippen MR) is 133 cm³/mol. The molecule has 0 saturated carbocycles. The van der Waals surface area contributed by atoms with E-state index < -0.39 is 5.54 Å². The van der Waals surface area contributed by atoms with Gasteiger partial charge < -0.3 is 15.2 Å². The molecule has 184 valence electrons. The number of methoxy groups -OCH3 is 1. The number of urea groups is 1. The van der Waals surface area contributed by atoms with E-state index in [1.165, 1.54) is 9.78 Å². The molecular formula is C26H35N3O4S. The second kappa shape index (κ2) is 10.4. The number of piperidine rings is 1. The van der Waals surface area contributed by atoms with Crippen LogP contribution in [-0.2, 0) is 17.8 Å². The van der Waals surface area contributed by atoms with Crippen molar-refractivity contribution in [2.75, 3.05) is 26.7 Å². The van der Waals surface area contributed by atoms with Gasteiger partial charge in [0.25, 0.3) is 5.91 Å². The number of benzene rings is 1. The number of phenolic OH excluding ortho intramolecular Hbond substituents is 1. The number of phenols is 1. The molecule has 2 N–H and O–H groups in total. The maximum atomic E-state index is 13.7. The zero-order chi connectivity index (χ0) is 24.3. The molecule has 8 heteroatoms. The van der Waals surface area contributed by atoms with Crippen molar-refractivity contribution >= 4 is 23.3 Å². The summed E-state index contributed by atoms with van der Waals surface area (Å²) < 4.78 is 5.23. The minimum atomic E-state index is -0.828. The van der Waals surface area contributed by atoms with Crippen LogP contribution in [0.15, 0.2) is 35.7 Å². The van der Waals surface area contributed by atoms with E-state index >= 15 is 0 Å². The Hall–Kier alpha value is -2.58. The van der Waals surface area contributed by atoms with Gasteiger partial charge in [-0.25, -0.2) is 4.79 Å². The molecule has 7 nitrogen and oxygen atoms in total. The molecule has 0 aliphatic carbocycles. The number of ether oxygens (including phenoxy) is 1. The van der Waals surface area contributed by atoms with Gasteiger partial charge in [0, 0.05) is 23.5 Å². The Kier molecular flexibility index (Phi) is 7.48. The normalized spacial score (nSPS) is 21.9. The number of nitrogens with zero attached hydrogens (tertiary/aromatic N) is 2. The maximum absolute atomic E-state index is 13.7. The monoisotopic (exact) mass is 485 g/mol. The van der Waals surface area contributed by atoms with E-state index in [-0.39, 0.29) is 29.5 Å². The quantitative estimate of drug-likeness (QED) is 0.519. The summed E-state index contributed by atoms with van der Waals surface area (Å²) in [5, 5.41) is 15.6. The number of likely N-dealkylation sites (tertiary alicyclic amines) is 1. The second-order valence-electron chi connectivity index (χ2n) is 9.80. The molecule has 1 aromatic carbocycles. The summed E-state index contributed by atoms with van der Waals surface area (Å²) in [7, 11) is 1.55. The standard InChI is InChI=1S/C26H35N3O4S/c1-18(2)16-26(24(31)29(25(32)27-26)14-11-21-7-5-15-34-21)20-9-12-28(13-10-20)17-19-6-4-8-22(33-3)23(19)30/h4-8,15,18,20,30H,9-14,16-17H2,1-3H3,(H,27,32)/t26-/m1/s1. The second-order valence-corrected chi connectivity index (χ2v) is 10.8. The first kappa shape index (κ1) is 24.5. The van der Waals surface area contributed by atoms with Crippen LogP contribution in [0, 0.1) is 11.8 Å². The first-order chi connectivity index (χ1) is 16.3. The number of imide groups is 1. The third kappa shape index (κ3) is 4.93. The van der Waals surface area contributed by atoms with Crippen LogP contribution in [0.2, 0.25) is 0 Å². The van der Waals surface area contributed by atoms with E-state index in [4.69, 9.17) is 4.74 Å². The summed E-state index contributed by atoms with van der Waals surface area (Å²) in [6, 6.07) is 9.32. The number of aromatic hydroxyl groups is 1. The molecule has 34 heavy (non-hydrogen) atoms. The average molecular weight is 486 g/mol. The zero-order valence-electron chi connectivity index (χ0n) is 20.3. The molecule has 2 saturated heterocycles. The summed E-state index contributed by atoms with van der Waals surface area (Å²) in [5.41, 5.74) is 0.00457.